The van der Waals surface area contributed by atoms with Crippen molar-refractivity contribution in [3.05, 3.63) is 51.8 Å². The van der Waals surface area contributed by atoms with Crippen LogP contribution in [0.15, 0.2) is 34.8 Å². The predicted molar refractivity (Wildman–Crippen MR) is 67.7 cm³/mol. The lowest BCUT2D eigenvalue weighted by Gasteiger charge is -2.09. The Morgan fingerprint density at radius 2 is 1.80 bits per heavy atom. The summed E-state index contributed by atoms with van der Waals surface area (Å²) in [6, 6.07) is 10.7. The summed E-state index contributed by atoms with van der Waals surface area (Å²) in [5.74, 6) is 0. The summed E-state index contributed by atoms with van der Waals surface area (Å²) in [6.45, 7) is 6.37. The Hall–Kier alpha value is -1.02. The number of rotatable bonds is 1. The van der Waals surface area contributed by atoms with Crippen molar-refractivity contribution >= 4 is 15.9 Å². The lowest BCUT2D eigenvalue weighted by Crippen LogP contribution is -1.98. The summed E-state index contributed by atoms with van der Waals surface area (Å²) in [5, 5.41) is 0. The molecule has 1 aromatic carbocycles. The van der Waals surface area contributed by atoms with Gasteiger partial charge in [-0.15, -0.1) is 0 Å². The second-order valence-corrected chi connectivity index (χ2v) is 4.75. The number of aromatic nitrogens is 1. The molecule has 15 heavy (non-hydrogen) atoms. The molecule has 2 heteroatoms. The summed E-state index contributed by atoms with van der Waals surface area (Å²) in [6.07, 6.45) is 0. The van der Waals surface area contributed by atoms with Crippen LogP contribution in [0.5, 0.6) is 0 Å². The standard InChI is InChI=1S/C13H14BrN/c1-9-5-4-6-12(7-9)15-10(2)8-13(14)11(15)3/h4-8H,1-3H3. The maximum Gasteiger partial charge on any atom is 0.0458 e. The van der Waals surface area contributed by atoms with Crippen molar-refractivity contribution in [1.29, 1.82) is 0 Å². The molecule has 2 aromatic rings. The maximum atomic E-state index is 3.56. The number of halogens is 1. The highest BCUT2D eigenvalue weighted by Gasteiger charge is 2.07. The first-order valence-electron chi connectivity index (χ1n) is 5.01. The first kappa shape index (κ1) is 10.5. The highest BCUT2D eigenvalue weighted by atomic mass is 79.9. The minimum absolute atomic E-state index is 1.17. The van der Waals surface area contributed by atoms with Crippen molar-refractivity contribution in [2.24, 2.45) is 0 Å². The predicted octanol–water partition coefficient (Wildman–Crippen LogP) is 4.17. The third kappa shape index (κ3) is 1.86. The Kier molecular flexibility index (Phi) is 2.70. The van der Waals surface area contributed by atoms with E-state index in [0.717, 1.165) is 0 Å². The van der Waals surface area contributed by atoms with Crippen molar-refractivity contribution in [1.82, 2.24) is 4.57 Å². The quantitative estimate of drug-likeness (QED) is 0.728. The summed E-state index contributed by atoms with van der Waals surface area (Å²) in [5.41, 5.74) is 5.02. The minimum Gasteiger partial charge on any atom is -0.317 e. The van der Waals surface area contributed by atoms with Crippen LogP contribution in [0.4, 0.5) is 0 Å². The number of benzene rings is 1. The average Bonchev–Trinajstić information content (AvgIpc) is 2.41. The van der Waals surface area contributed by atoms with Crippen molar-refractivity contribution in [2.75, 3.05) is 0 Å². The Bertz CT molecular complexity index is 497. The normalized spacial score (nSPS) is 10.7. The second-order valence-electron chi connectivity index (χ2n) is 3.89. The molecule has 1 heterocycles. The Balaban J connectivity index is 2.63. The van der Waals surface area contributed by atoms with Gasteiger partial charge in [0.1, 0.15) is 0 Å². The van der Waals surface area contributed by atoms with E-state index in [4.69, 9.17) is 0 Å². The zero-order valence-corrected chi connectivity index (χ0v) is 10.8. The van der Waals surface area contributed by atoms with Crippen molar-refractivity contribution in [3.8, 4) is 5.69 Å². The van der Waals surface area contributed by atoms with Crippen LogP contribution in [0, 0.1) is 20.8 Å². The fourth-order valence-corrected chi connectivity index (χ4v) is 2.40. The van der Waals surface area contributed by atoms with E-state index in [2.05, 4.69) is 71.6 Å². The third-order valence-corrected chi connectivity index (χ3v) is 3.43. The monoisotopic (exact) mass is 263 g/mol. The van der Waals surface area contributed by atoms with E-state index < -0.39 is 0 Å². The van der Waals surface area contributed by atoms with E-state index >= 15 is 0 Å². The van der Waals surface area contributed by atoms with E-state index in [0.29, 0.717) is 0 Å². The van der Waals surface area contributed by atoms with Gasteiger partial charge in [0.25, 0.3) is 0 Å². The second kappa shape index (κ2) is 3.86. The van der Waals surface area contributed by atoms with Crippen molar-refractivity contribution in [3.63, 3.8) is 0 Å². The molecule has 0 amide bonds. The van der Waals surface area contributed by atoms with Gasteiger partial charge in [0.2, 0.25) is 0 Å². The number of nitrogens with zero attached hydrogens (tertiary/aromatic N) is 1. The van der Waals surface area contributed by atoms with Gasteiger partial charge >= 0.3 is 0 Å². The van der Waals surface area contributed by atoms with E-state index in [1.807, 2.05) is 0 Å². The molecule has 78 valence electrons. The van der Waals surface area contributed by atoms with Gasteiger partial charge in [0.15, 0.2) is 0 Å². The van der Waals surface area contributed by atoms with Gasteiger partial charge in [-0.3, -0.25) is 0 Å². The number of hydrogen-bond acceptors (Lipinski definition) is 0. The topological polar surface area (TPSA) is 4.93 Å². The first-order valence-corrected chi connectivity index (χ1v) is 5.80. The lowest BCUT2D eigenvalue weighted by molar-refractivity contribution is 0.961. The van der Waals surface area contributed by atoms with E-state index in [-0.39, 0.29) is 0 Å². The van der Waals surface area contributed by atoms with Gasteiger partial charge < -0.3 is 4.57 Å². The number of aryl methyl sites for hydroxylation is 2. The van der Waals surface area contributed by atoms with Gasteiger partial charge in [-0.1, -0.05) is 12.1 Å². The van der Waals surface area contributed by atoms with E-state index in [1.165, 1.54) is 27.1 Å². The molecule has 0 N–H and O–H groups in total. The molecule has 2 rings (SSSR count). The zero-order chi connectivity index (χ0) is 11.0. The maximum absolute atomic E-state index is 3.56. The van der Waals surface area contributed by atoms with E-state index in [9.17, 15) is 0 Å². The molecule has 0 atom stereocenters. The molecule has 0 aliphatic rings. The molecule has 0 fully saturated rings. The third-order valence-electron chi connectivity index (χ3n) is 2.63. The molecular weight excluding hydrogens is 250 g/mol. The van der Waals surface area contributed by atoms with Crippen LogP contribution in [0.3, 0.4) is 0 Å². The molecular formula is C13H14BrN. The Morgan fingerprint density at radius 3 is 2.33 bits per heavy atom. The van der Waals surface area contributed by atoms with Crippen LogP contribution in [0.1, 0.15) is 17.0 Å². The zero-order valence-electron chi connectivity index (χ0n) is 9.21. The summed E-state index contributed by atoms with van der Waals surface area (Å²) >= 11 is 3.56. The van der Waals surface area contributed by atoms with E-state index in [1.54, 1.807) is 0 Å². The van der Waals surface area contributed by atoms with Crippen molar-refractivity contribution < 1.29 is 0 Å². The highest BCUT2D eigenvalue weighted by molar-refractivity contribution is 9.10. The van der Waals surface area contributed by atoms with Gasteiger partial charge in [-0.05, 0) is 60.5 Å². The fourth-order valence-electron chi connectivity index (χ4n) is 1.89. The summed E-state index contributed by atoms with van der Waals surface area (Å²) < 4.78 is 3.43. The minimum atomic E-state index is 1.17. The molecule has 0 saturated carbocycles. The molecule has 0 bridgehead atoms. The Morgan fingerprint density at radius 1 is 1.07 bits per heavy atom. The van der Waals surface area contributed by atoms with Crippen LogP contribution < -0.4 is 0 Å². The van der Waals surface area contributed by atoms with Gasteiger partial charge in [-0.2, -0.15) is 0 Å². The van der Waals surface area contributed by atoms with Crippen LogP contribution in [0.25, 0.3) is 5.69 Å². The largest absolute Gasteiger partial charge is 0.317 e. The molecule has 0 unspecified atom stereocenters. The SMILES string of the molecule is Cc1cccc(-n2c(C)cc(Br)c2C)c1. The summed E-state index contributed by atoms with van der Waals surface area (Å²) in [4.78, 5) is 0. The highest BCUT2D eigenvalue weighted by Crippen LogP contribution is 2.24. The molecule has 0 aliphatic heterocycles. The van der Waals surface area contributed by atoms with Crippen LogP contribution in [-0.4, -0.2) is 4.57 Å². The fraction of sp³-hybridized carbons (Fsp3) is 0.231. The smallest absolute Gasteiger partial charge is 0.0458 e. The average molecular weight is 264 g/mol. The van der Waals surface area contributed by atoms with Gasteiger partial charge in [0, 0.05) is 21.5 Å². The molecule has 0 spiro atoms. The van der Waals surface area contributed by atoms with Gasteiger partial charge in [-0.25, -0.2) is 0 Å². The van der Waals surface area contributed by atoms with Crippen molar-refractivity contribution in [2.45, 2.75) is 20.8 Å². The Labute approximate surface area is 98.9 Å². The first-order chi connectivity index (χ1) is 7.09. The molecule has 0 saturated heterocycles. The lowest BCUT2D eigenvalue weighted by atomic mass is 10.2. The molecule has 1 nitrogen and oxygen atoms in total. The van der Waals surface area contributed by atoms with Crippen LogP contribution in [0.2, 0.25) is 0 Å². The number of hydrogen-bond donors (Lipinski definition) is 0. The summed E-state index contributed by atoms with van der Waals surface area (Å²) in [7, 11) is 0. The molecule has 1 aromatic heterocycles. The van der Waals surface area contributed by atoms with Crippen LogP contribution >= 0.6 is 15.9 Å². The van der Waals surface area contributed by atoms with Crippen LogP contribution in [-0.2, 0) is 0 Å². The molecule has 0 aliphatic carbocycles. The molecule has 0 radical (unpaired) electrons. The van der Waals surface area contributed by atoms with Gasteiger partial charge in [0.05, 0.1) is 0 Å².